The Morgan fingerprint density at radius 3 is 3.17 bits per heavy atom. The fraction of sp³-hybridized carbons (Fsp3) is 0.647. The second kappa shape index (κ2) is 7.57. The minimum atomic E-state index is 0.195. The summed E-state index contributed by atoms with van der Waals surface area (Å²) >= 11 is 6.25. The number of pyridine rings is 1. The predicted octanol–water partition coefficient (Wildman–Crippen LogP) is 1.91. The van der Waals surface area contributed by atoms with E-state index in [1.807, 2.05) is 19.2 Å². The first kappa shape index (κ1) is 17.3. The summed E-state index contributed by atoms with van der Waals surface area (Å²) in [5.41, 5.74) is 0.195. The molecular formula is C17H26ClN5O. The zero-order valence-electron chi connectivity index (χ0n) is 14.4. The minimum Gasteiger partial charge on any atom is -0.381 e. The molecule has 0 amide bonds. The van der Waals surface area contributed by atoms with Crippen molar-refractivity contribution in [1.82, 2.24) is 15.6 Å². The topological polar surface area (TPSA) is 61.8 Å². The van der Waals surface area contributed by atoms with Crippen LogP contribution in [-0.2, 0) is 4.74 Å². The van der Waals surface area contributed by atoms with Gasteiger partial charge in [0.1, 0.15) is 5.82 Å². The van der Waals surface area contributed by atoms with Crippen LogP contribution in [0.2, 0.25) is 5.02 Å². The number of hydrogen-bond acceptors (Lipinski definition) is 4. The lowest BCUT2D eigenvalue weighted by Gasteiger charge is -2.25. The number of halogens is 1. The molecule has 6 nitrogen and oxygen atoms in total. The Morgan fingerprint density at radius 2 is 2.46 bits per heavy atom. The van der Waals surface area contributed by atoms with Gasteiger partial charge in [0, 0.05) is 50.9 Å². The molecule has 2 aliphatic rings. The highest BCUT2D eigenvalue weighted by molar-refractivity contribution is 6.32. The van der Waals surface area contributed by atoms with Gasteiger partial charge in [0.2, 0.25) is 0 Å². The molecule has 132 valence electrons. The van der Waals surface area contributed by atoms with Gasteiger partial charge in [0.05, 0.1) is 11.6 Å². The maximum Gasteiger partial charge on any atom is 0.191 e. The summed E-state index contributed by atoms with van der Waals surface area (Å²) in [4.78, 5) is 11.0. The second-order valence-electron chi connectivity index (χ2n) is 6.92. The SMILES string of the molecule is CN=C(NCC1(C)CCOC1)NC1CCN(c2ncccc2Cl)C1. The highest BCUT2D eigenvalue weighted by Crippen LogP contribution is 2.27. The maximum absolute atomic E-state index is 6.25. The smallest absolute Gasteiger partial charge is 0.191 e. The van der Waals surface area contributed by atoms with Crippen molar-refractivity contribution in [3.8, 4) is 0 Å². The van der Waals surface area contributed by atoms with Crippen LogP contribution < -0.4 is 15.5 Å². The van der Waals surface area contributed by atoms with Crippen LogP contribution in [0.15, 0.2) is 23.3 Å². The molecule has 0 aliphatic carbocycles. The Labute approximate surface area is 148 Å². The number of anilines is 1. The van der Waals surface area contributed by atoms with Crippen molar-refractivity contribution in [3.05, 3.63) is 23.4 Å². The van der Waals surface area contributed by atoms with Crippen molar-refractivity contribution in [2.24, 2.45) is 10.4 Å². The first-order valence-electron chi connectivity index (χ1n) is 8.50. The van der Waals surface area contributed by atoms with Crippen molar-refractivity contribution in [2.75, 3.05) is 44.8 Å². The molecule has 2 aliphatic heterocycles. The van der Waals surface area contributed by atoms with E-state index in [1.165, 1.54) is 0 Å². The van der Waals surface area contributed by atoms with Gasteiger partial charge < -0.3 is 20.3 Å². The molecule has 0 saturated carbocycles. The lowest BCUT2D eigenvalue weighted by Crippen LogP contribution is -2.47. The third kappa shape index (κ3) is 4.11. The fourth-order valence-corrected chi connectivity index (χ4v) is 3.46. The van der Waals surface area contributed by atoms with Crippen LogP contribution >= 0.6 is 11.6 Å². The van der Waals surface area contributed by atoms with Crippen molar-refractivity contribution < 1.29 is 4.74 Å². The summed E-state index contributed by atoms with van der Waals surface area (Å²) in [5.74, 6) is 1.71. The normalized spacial score (nSPS) is 27.5. The van der Waals surface area contributed by atoms with Crippen LogP contribution in [0.25, 0.3) is 0 Å². The lowest BCUT2D eigenvalue weighted by molar-refractivity contribution is 0.160. The van der Waals surface area contributed by atoms with Crippen molar-refractivity contribution in [1.29, 1.82) is 0 Å². The van der Waals surface area contributed by atoms with Gasteiger partial charge in [-0.2, -0.15) is 0 Å². The van der Waals surface area contributed by atoms with Crippen LogP contribution in [0.4, 0.5) is 5.82 Å². The van der Waals surface area contributed by atoms with Gasteiger partial charge in [-0.25, -0.2) is 4.98 Å². The Bertz CT molecular complexity index is 588. The predicted molar refractivity (Wildman–Crippen MR) is 97.9 cm³/mol. The average Bonchev–Trinajstić information content (AvgIpc) is 3.21. The first-order chi connectivity index (χ1) is 11.6. The number of nitrogens with one attached hydrogen (secondary N) is 2. The van der Waals surface area contributed by atoms with Gasteiger partial charge in [-0.15, -0.1) is 0 Å². The zero-order valence-corrected chi connectivity index (χ0v) is 15.1. The quantitative estimate of drug-likeness (QED) is 0.641. The molecule has 3 heterocycles. The molecule has 2 fully saturated rings. The fourth-order valence-electron chi connectivity index (χ4n) is 3.21. The highest BCUT2D eigenvalue weighted by atomic mass is 35.5. The first-order valence-corrected chi connectivity index (χ1v) is 8.88. The molecule has 0 aromatic carbocycles. The summed E-state index contributed by atoms with van der Waals surface area (Å²) in [5, 5.41) is 7.66. The third-order valence-corrected chi connectivity index (χ3v) is 5.07. The van der Waals surface area contributed by atoms with Crippen molar-refractivity contribution >= 4 is 23.4 Å². The molecule has 0 bridgehead atoms. The average molecular weight is 352 g/mol. The van der Waals surface area contributed by atoms with Crippen molar-refractivity contribution in [3.63, 3.8) is 0 Å². The van der Waals surface area contributed by atoms with Crippen LogP contribution in [-0.4, -0.2) is 56.9 Å². The summed E-state index contributed by atoms with van der Waals surface area (Å²) < 4.78 is 5.51. The second-order valence-corrected chi connectivity index (χ2v) is 7.33. The van der Waals surface area contributed by atoms with E-state index in [-0.39, 0.29) is 5.41 Å². The number of ether oxygens (including phenoxy) is 1. The van der Waals surface area contributed by atoms with E-state index < -0.39 is 0 Å². The Hall–Kier alpha value is -1.53. The standard InChI is InChI=1S/C17H26ClN5O/c1-17(6-9-24-12-17)11-21-16(19-2)22-13-5-8-23(10-13)15-14(18)4-3-7-20-15/h3-4,7,13H,5-6,8-12H2,1-2H3,(H2,19,21,22). The zero-order chi connectivity index (χ0) is 17.0. The van der Waals surface area contributed by atoms with Crippen molar-refractivity contribution in [2.45, 2.75) is 25.8 Å². The van der Waals surface area contributed by atoms with Gasteiger partial charge in [-0.3, -0.25) is 4.99 Å². The van der Waals surface area contributed by atoms with E-state index in [0.717, 1.165) is 57.5 Å². The molecule has 2 N–H and O–H groups in total. The summed E-state index contributed by atoms with van der Waals surface area (Å²) in [6.07, 6.45) is 3.91. The van der Waals surface area contributed by atoms with E-state index in [9.17, 15) is 0 Å². The molecule has 0 spiro atoms. The number of rotatable bonds is 4. The van der Waals surface area contributed by atoms with E-state index in [1.54, 1.807) is 6.20 Å². The minimum absolute atomic E-state index is 0.195. The largest absolute Gasteiger partial charge is 0.381 e. The highest BCUT2D eigenvalue weighted by Gasteiger charge is 2.30. The van der Waals surface area contributed by atoms with Gasteiger partial charge in [-0.1, -0.05) is 18.5 Å². The number of aromatic nitrogens is 1. The van der Waals surface area contributed by atoms with Gasteiger partial charge in [0.25, 0.3) is 0 Å². The molecular weight excluding hydrogens is 326 g/mol. The molecule has 3 rings (SSSR count). The molecule has 2 saturated heterocycles. The van der Waals surface area contributed by atoms with Gasteiger partial charge >= 0.3 is 0 Å². The van der Waals surface area contributed by atoms with E-state index in [4.69, 9.17) is 16.3 Å². The summed E-state index contributed by atoms with van der Waals surface area (Å²) in [6, 6.07) is 4.08. The molecule has 0 radical (unpaired) electrons. The van der Waals surface area contributed by atoms with E-state index >= 15 is 0 Å². The third-order valence-electron chi connectivity index (χ3n) is 4.77. The summed E-state index contributed by atoms with van der Waals surface area (Å²) in [7, 11) is 1.81. The van der Waals surface area contributed by atoms with E-state index in [2.05, 4.69) is 32.4 Å². The molecule has 2 unspecified atom stereocenters. The molecule has 1 aromatic rings. The van der Waals surface area contributed by atoms with Gasteiger partial charge in [0.15, 0.2) is 5.96 Å². The lowest BCUT2D eigenvalue weighted by atomic mass is 9.90. The molecule has 24 heavy (non-hydrogen) atoms. The maximum atomic E-state index is 6.25. The van der Waals surface area contributed by atoms with Crippen LogP contribution in [0.5, 0.6) is 0 Å². The van der Waals surface area contributed by atoms with Crippen LogP contribution in [0.1, 0.15) is 19.8 Å². The number of hydrogen-bond donors (Lipinski definition) is 2. The Balaban J connectivity index is 1.51. The number of guanidine groups is 1. The monoisotopic (exact) mass is 351 g/mol. The Morgan fingerprint density at radius 1 is 1.58 bits per heavy atom. The molecule has 2 atom stereocenters. The van der Waals surface area contributed by atoms with Crippen LogP contribution in [0.3, 0.4) is 0 Å². The Kier molecular flexibility index (Phi) is 5.46. The molecule has 1 aromatic heterocycles. The molecule has 7 heteroatoms. The van der Waals surface area contributed by atoms with Crippen LogP contribution in [0, 0.1) is 5.41 Å². The van der Waals surface area contributed by atoms with E-state index in [0.29, 0.717) is 11.1 Å². The summed E-state index contributed by atoms with van der Waals surface area (Å²) in [6.45, 7) is 6.60. The van der Waals surface area contributed by atoms with Gasteiger partial charge in [-0.05, 0) is 25.0 Å². The number of nitrogens with zero attached hydrogens (tertiary/aromatic N) is 3. The number of aliphatic imine (C=N–C) groups is 1.